The van der Waals surface area contributed by atoms with Gasteiger partial charge in [0.1, 0.15) is 13.2 Å². The molecule has 0 rings (SSSR count). The van der Waals surface area contributed by atoms with Crippen molar-refractivity contribution in [3.05, 3.63) is 72.9 Å². The Balaban J connectivity index is 4.30. The number of rotatable bonds is 63. The molecule has 458 valence electrons. The fourth-order valence-electron chi connectivity index (χ4n) is 10.1. The summed E-state index contributed by atoms with van der Waals surface area (Å²) in [4.78, 5) is 38.4. The van der Waals surface area contributed by atoms with Crippen molar-refractivity contribution < 1.29 is 28.6 Å². The van der Waals surface area contributed by atoms with Gasteiger partial charge < -0.3 is 14.2 Å². The molecule has 0 saturated carbocycles. The number of unbranched alkanes of at least 4 members (excludes halogenated alkanes) is 40. The van der Waals surface area contributed by atoms with Gasteiger partial charge in [0.15, 0.2) is 6.10 Å². The maximum Gasteiger partial charge on any atom is 0.306 e. The lowest BCUT2D eigenvalue weighted by molar-refractivity contribution is -0.167. The molecule has 0 amide bonds. The molecular formula is C73H130O6. The molecule has 0 N–H and O–H groups in total. The molecule has 0 heterocycles. The lowest BCUT2D eigenvalue weighted by atomic mass is 10.0. The smallest absolute Gasteiger partial charge is 0.306 e. The van der Waals surface area contributed by atoms with Crippen LogP contribution in [0.2, 0.25) is 0 Å². The molecule has 0 bridgehead atoms. The Labute approximate surface area is 491 Å². The fraction of sp³-hybridized carbons (Fsp3) is 0.795. The molecule has 0 fully saturated rings. The largest absolute Gasteiger partial charge is 0.462 e. The van der Waals surface area contributed by atoms with Gasteiger partial charge in [0.05, 0.1) is 0 Å². The van der Waals surface area contributed by atoms with Gasteiger partial charge in [-0.2, -0.15) is 0 Å². The second kappa shape index (κ2) is 67.4. The monoisotopic (exact) mass is 1100 g/mol. The Hall–Kier alpha value is -3.15. The van der Waals surface area contributed by atoms with Gasteiger partial charge in [-0.3, -0.25) is 14.4 Å². The molecule has 0 aliphatic heterocycles. The number of carbonyl (C=O) groups excluding carboxylic acids is 3. The van der Waals surface area contributed by atoms with E-state index in [1.165, 1.54) is 212 Å². The van der Waals surface area contributed by atoms with E-state index in [9.17, 15) is 14.4 Å². The summed E-state index contributed by atoms with van der Waals surface area (Å²) in [5, 5.41) is 0. The maximum atomic E-state index is 12.9. The number of esters is 3. The first kappa shape index (κ1) is 75.8. The molecule has 6 heteroatoms. The molecule has 1 atom stereocenters. The van der Waals surface area contributed by atoms with Crippen LogP contribution in [0.3, 0.4) is 0 Å². The topological polar surface area (TPSA) is 78.9 Å². The van der Waals surface area contributed by atoms with E-state index in [1.54, 1.807) is 0 Å². The highest BCUT2D eigenvalue weighted by molar-refractivity contribution is 5.71. The van der Waals surface area contributed by atoms with Crippen LogP contribution in [0.1, 0.15) is 355 Å². The first-order chi connectivity index (χ1) is 39.0. The van der Waals surface area contributed by atoms with Crippen molar-refractivity contribution in [1.82, 2.24) is 0 Å². The van der Waals surface area contributed by atoms with Crippen LogP contribution in [0, 0.1) is 0 Å². The van der Waals surface area contributed by atoms with E-state index in [0.717, 1.165) is 103 Å². The number of hydrogen-bond acceptors (Lipinski definition) is 6. The highest BCUT2D eigenvalue weighted by atomic mass is 16.6. The fourth-order valence-corrected chi connectivity index (χ4v) is 10.1. The highest BCUT2D eigenvalue weighted by Gasteiger charge is 2.19. The average molecular weight is 1100 g/mol. The second-order valence-corrected chi connectivity index (χ2v) is 23.1. The Morgan fingerprint density at radius 2 is 0.494 bits per heavy atom. The summed E-state index contributed by atoms with van der Waals surface area (Å²) in [6.45, 7) is 6.54. The van der Waals surface area contributed by atoms with Crippen molar-refractivity contribution in [3.8, 4) is 0 Å². The average Bonchev–Trinajstić information content (AvgIpc) is 3.45. The van der Waals surface area contributed by atoms with Crippen molar-refractivity contribution in [2.24, 2.45) is 0 Å². The zero-order valence-corrected chi connectivity index (χ0v) is 52.6. The molecule has 0 aromatic rings. The highest BCUT2D eigenvalue weighted by Crippen LogP contribution is 2.18. The molecule has 79 heavy (non-hydrogen) atoms. The lowest BCUT2D eigenvalue weighted by Gasteiger charge is -2.18. The third-order valence-electron chi connectivity index (χ3n) is 15.2. The van der Waals surface area contributed by atoms with Gasteiger partial charge in [0.2, 0.25) is 0 Å². The van der Waals surface area contributed by atoms with E-state index in [4.69, 9.17) is 14.2 Å². The number of allylic oxidation sites excluding steroid dienone is 12. The van der Waals surface area contributed by atoms with Crippen molar-refractivity contribution in [2.45, 2.75) is 361 Å². The first-order valence-electron chi connectivity index (χ1n) is 34.4. The summed E-state index contributed by atoms with van der Waals surface area (Å²) >= 11 is 0. The van der Waals surface area contributed by atoms with Crippen LogP contribution in [0.15, 0.2) is 72.9 Å². The predicted molar refractivity (Wildman–Crippen MR) is 344 cm³/mol. The van der Waals surface area contributed by atoms with Crippen LogP contribution in [-0.4, -0.2) is 37.2 Å². The Kier molecular flexibility index (Phi) is 64.7. The minimum Gasteiger partial charge on any atom is -0.462 e. The molecule has 6 nitrogen and oxygen atoms in total. The van der Waals surface area contributed by atoms with Gasteiger partial charge in [-0.15, -0.1) is 0 Å². The van der Waals surface area contributed by atoms with Crippen molar-refractivity contribution in [3.63, 3.8) is 0 Å². The van der Waals surface area contributed by atoms with Crippen LogP contribution in [0.25, 0.3) is 0 Å². The molecule has 0 saturated heterocycles. The van der Waals surface area contributed by atoms with Crippen molar-refractivity contribution in [1.29, 1.82) is 0 Å². The van der Waals surface area contributed by atoms with Gasteiger partial charge in [-0.1, -0.05) is 318 Å². The molecule has 0 aromatic carbocycles. The maximum absolute atomic E-state index is 12.9. The second-order valence-electron chi connectivity index (χ2n) is 23.1. The first-order valence-corrected chi connectivity index (χ1v) is 34.4. The Morgan fingerprint density at radius 1 is 0.266 bits per heavy atom. The quantitative estimate of drug-likeness (QED) is 0.0261. The van der Waals surface area contributed by atoms with E-state index in [1.807, 2.05) is 0 Å². The van der Waals surface area contributed by atoms with Gasteiger partial charge in [-0.05, 0) is 89.9 Å². The Bertz CT molecular complexity index is 1450. The molecule has 0 radical (unpaired) electrons. The zero-order chi connectivity index (χ0) is 57.1. The zero-order valence-electron chi connectivity index (χ0n) is 52.6. The van der Waals surface area contributed by atoms with Gasteiger partial charge in [0, 0.05) is 19.3 Å². The van der Waals surface area contributed by atoms with Crippen LogP contribution < -0.4 is 0 Å². The molecule has 0 aliphatic carbocycles. The molecule has 0 spiro atoms. The van der Waals surface area contributed by atoms with E-state index < -0.39 is 6.10 Å². The summed E-state index contributed by atoms with van der Waals surface area (Å²) in [7, 11) is 0. The Morgan fingerprint density at radius 3 is 0.797 bits per heavy atom. The van der Waals surface area contributed by atoms with Crippen LogP contribution in [0.5, 0.6) is 0 Å². The van der Waals surface area contributed by atoms with Crippen molar-refractivity contribution >= 4 is 17.9 Å². The lowest BCUT2D eigenvalue weighted by Crippen LogP contribution is -2.30. The van der Waals surface area contributed by atoms with Gasteiger partial charge in [-0.25, -0.2) is 0 Å². The van der Waals surface area contributed by atoms with Crippen LogP contribution in [-0.2, 0) is 28.6 Å². The minimum atomic E-state index is -0.797. The SMILES string of the molecule is CC/C=C\C/C=C\C/C=C\C/C=C\C/C=C\CCCCCC(=O)OC(COC(=O)CCCCCCC/C=C\CCCCCCCC)COC(=O)CCCCCCCCCCCCCCCCCCCCCCCCCCCCC. The number of carbonyl (C=O) groups is 3. The van der Waals surface area contributed by atoms with Gasteiger partial charge >= 0.3 is 17.9 Å². The van der Waals surface area contributed by atoms with E-state index in [2.05, 4.69) is 93.7 Å². The van der Waals surface area contributed by atoms with Crippen molar-refractivity contribution in [2.75, 3.05) is 13.2 Å². The third-order valence-corrected chi connectivity index (χ3v) is 15.2. The number of ether oxygens (including phenoxy) is 3. The summed E-state index contributed by atoms with van der Waals surface area (Å²) in [5.41, 5.74) is 0. The molecule has 0 aromatic heterocycles. The van der Waals surface area contributed by atoms with Crippen LogP contribution in [0.4, 0.5) is 0 Å². The summed E-state index contributed by atoms with van der Waals surface area (Å²) < 4.78 is 16.9. The normalized spacial score (nSPS) is 12.5. The van der Waals surface area contributed by atoms with E-state index >= 15 is 0 Å². The van der Waals surface area contributed by atoms with Crippen LogP contribution >= 0.6 is 0 Å². The molecular weight excluding hydrogens is 973 g/mol. The standard InChI is InChI=1S/C73H130O6/c1-4-7-10-13-16-19-22-25-28-30-32-33-34-35-36-37-38-39-41-42-45-48-51-54-57-60-63-66-72(75)78-69-70(68-77-71(74)65-62-59-56-53-50-47-44-27-24-21-18-15-12-9-6-3)79-73(76)67-64-61-58-55-52-49-46-43-40-31-29-26-23-20-17-14-11-8-5-2/h8,11,17,20,26-27,29,40,43-44,49,52,70H,4-7,9-10,12-16,18-19,21-25,28,30-39,41-42,45-48,50-51,53-69H2,1-3H3/b11-8-,20-17-,29-26-,43-40-,44-27-,52-49-. The molecule has 0 aliphatic rings. The summed E-state index contributed by atoms with van der Waals surface area (Å²) in [6, 6.07) is 0. The predicted octanol–water partition coefficient (Wildman–Crippen LogP) is 23.7. The summed E-state index contributed by atoms with van der Waals surface area (Å²) in [6.07, 6.45) is 87.9. The third kappa shape index (κ3) is 65.5. The van der Waals surface area contributed by atoms with E-state index in [-0.39, 0.29) is 31.1 Å². The molecule has 1 unspecified atom stereocenters. The minimum absolute atomic E-state index is 0.0885. The number of hydrogen-bond donors (Lipinski definition) is 0. The van der Waals surface area contributed by atoms with E-state index in [0.29, 0.717) is 19.3 Å². The van der Waals surface area contributed by atoms with Gasteiger partial charge in [0.25, 0.3) is 0 Å². The summed E-state index contributed by atoms with van der Waals surface area (Å²) in [5.74, 6) is -0.911.